The van der Waals surface area contributed by atoms with Crippen LogP contribution in [0.1, 0.15) is 6.92 Å². The summed E-state index contributed by atoms with van der Waals surface area (Å²) in [4.78, 5) is -0.155. The molecule has 9 heavy (non-hydrogen) atoms. The fourth-order valence-electron chi connectivity index (χ4n) is 0.401. The fourth-order valence-corrected chi connectivity index (χ4v) is 0.553. The van der Waals surface area contributed by atoms with Crippen molar-refractivity contribution in [2.75, 3.05) is 13.2 Å². The van der Waals surface area contributed by atoms with Gasteiger partial charge in [-0.15, -0.1) is 0 Å². The van der Waals surface area contributed by atoms with Crippen molar-refractivity contribution in [3.05, 3.63) is 0 Å². The van der Waals surface area contributed by atoms with Crippen LogP contribution in [0.15, 0.2) is 0 Å². The quantitative estimate of drug-likeness (QED) is 0.512. The summed E-state index contributed by atoms with van der Waals surface area (Å²) in [6.45, 7) is 2.43. The summed E-state index contributed by atoms with van der Waals surface area (Å²) in [5.41, 5.74) is 0. The van der Waals surface area contributed by atoms with E-state index in [0.29, 0.717) is 6.61 Å². The molecule has 1 N–H and O–H groups in total. The highest BCUT2D eigenvalue weighted by molar-refractivity contribution is 9.09. The van der Waals surface area contributed by atoms with Crippen LogP contribution in [0.25, 0.3) is 0 Å². The van der Waals surface area contributed by atoms with Crippen LogP contribution in [0.4, 0.5) is 0 Å². The van der Waals surface area contributed by atoms with Crippen LogP contribution in [0.2, 0.25) is 0 Å². The van der Waals surface area contributed by atoms with Crippen molar-refractivity contribution in [2.45, 2.75) is 17.8 Å². The van der Waals surface area contributed by atoms with Crippen molar-refractivity contribution < 1.29 is 9.84 Å². The Hall–Kier alpha value is 0.465. The Bertz CT molecular complexity index is 72.0. The molecule has 0 saturated heterocycles. The maximum atomic E-state index is 8.52. The Morgan fingerprint density at radius 3 is 2.67 bits per heavy atom. The molecule has 1 unspecified atom stereocenters. The van der Waals surface area contributed by atoms with E-state index in [0.717, 1.165) is 0 Å². The van der Waals surface area contributed by atoms with E-state index in [-0.39, 0.29) is 11.4 Å². The predicted molar refractivity (Wildman–Crippen MR) is 41.0 cm³/mol. The van der Waals surface area contributed by atoms with Gasteiger partial charge in [0.15, 0.2) is 0 Å². The first-order valence-corrected chi connectivity index (χ1v) is 3.76. The molecule has 0 aromatic heterocycles. The lowest BCUT2D eigenvalue weighted by Gasteiger charge is -2.15. The Kier molecular flexibility index (Phi) is 5.54. The summed E-state index contributed by atoms with van der Waals surface area (Å²) >= 11 is 3.14. The molecule has 2 nitrogen and oxygen atoms in total. The highest BCUT2D eigenvalue weighted by Gasteiger charge is 2.10. The number of aliphatic hydroxyl groups excluding tert-OH is 1. The van der Waals surface area contributed by atoms with Crippen molar-refractivity contribution in [3.63, 3.8) is 0 Å². The van der Waals surface area contributed by atoms with Crippen LogP contribution in [-0.4, -0.2) is 37.0 Å². The van der Waals surface area contributed by atoms with Gasteiger partial charge in [0.2, 0.25) is 0 Å². The van der Waals surface area contributed by atoms with Crippen molar-refractivity contribution in [2.24, 2.45) is 0 Å². The molecule has 0 fully saturated rings. The van der Waals surface area contributed by atoms with Crippen LogP contribution in [-0.2, 0) is 4.74 Å². The highest BCUT2D eigenvalue weighted by atomic mass is 79.9. The van der Waals surface area contributed by atoms with E-state index in [1.807, 2.05) is 6.92 Å². The molecule has 0 amide bonds. The van der Waals surface area contributed by atoms with Gasteiger partial charge >= 0.3 is 0 Å². The molecule has 0 aromatic carbocycles. The zero-order valence-electron chi connectivity index (χ0n) is 5.38. The molecular weight excluding hydrogens is 183 g/mol. The first-order valence-electron chi connectivity index (χ1n) is 2.84. The van der Waals surface area contributed by atoms with Crippen molar-refractivity contribution in [3.8, 4) is 0 Å². The topological polar surface area (TPSA) is 29.5 Å². The van der Waals surface area contributed by atoms with Gasteiger partial charge < -0.3 is 9.84 Å². The molecule has 52 valence electrons. The monoisotopic (exact) mass is 192 g/mol. The smallest absolute Gasteiger partial charge is 0.110 e. The number of halogens is 1. The van der Waals surface area contributed by atoms with Crippen molar-refractivity contribution >= 4 is 23.8 Å². The van der Waals surface area contributed by atoms with Crippen molar-refractivity contribution in [1.29, 1.82) is 0 Å². The second-order valence-electron chi connectivity index (χ2n) is 1.62. The third-order valence-electron chi connectivity index (χ3n) is 0.890. The summed E-state index contributed by atoms with van der Waals surface area (Å²) in [5.74, 6) is 0. The highest BCUT2D eigenvalue weighted by Crippen LogP contribution is 2.04. The summed E-state index contributed by atoms with van der Waals surface area (Å²) in [6.07, 6.45) is 0. The van der Waals surface area contributed by atoms with Crippen LogP contribution in [0.3, 0.4) is 0 Å². The Balaban J connectivity index is 3.32. The summed E-state index contributed by atoms with van der Waals surface area (Å²) in [7, 11) is 5.41. The third-order valence-corrected chi connectivity index (χ3v) is 1.70. The molecule has 0 bridgehead atoms. The van der Waals surface area contributed by atoms with Gasteiger partial charge in [-0.3, -0.25) is 0 Å². The number of rotatable bonds is 4. The number of hydrogen-bond acceptors (Lipinski definition) is 2. The maximum Gasteiger partial charge on any atom is 0.110 e. The van der Waals surface area contributed by atoms with E-state index in [9.17, 15) is 0 Å². The largest absolute Gasteiger partial charge is 0.395 e. The van der Waals surface area contributed by atoms with E-state index in [1.165, 1.54) is 0 Å². The second kappa shape index (κ2) is 5.27. The minimum atomic E-state index is -0.403. The van der Waals surface area contributed by atoms with Crippen LogP contribution in [0.5, 0.6) is 0 Å². The SMILES string of the molecule is [B]C(OCC)[C@H](Br)CO. The van der Waals surface area contributed by atoms with Gasteiger partial charge in [-0.2, -0.15) is 0 Å². The van der Waals surface area contributed by atoms with E-state index in [1.54, 1.807) is 0 Å². The van der Waals surface area contributed by atoms with Crippen LogP contribution in [0, 0.1) is 0 Å². The molecule has 4 heteroatoms. The summed E-state index contributed by atoms with van der Waals surface area (Å²) < 4.78 is 4.97. The Morgan fingerprint density at radius 1 is 1.78 bits per heavy atom. The lowest BCUT2D eigenvalue weighted by atomic mass is 9.97. The van der Waals surface area contributed by atoms with Crippen LogP contribution < -0.4 is 0 Å². The van der Waals surface area contributed by atoms with E-state index >= 15 is 0 Å². The molecule has 0 rings (SSSR count). The lowest BCUT2D eigenvalue weighted by Crippen LogP contribution is -2.27. The molecule has 0 saturated carbocycles. The summed E-state index contributed by atoms with van der Waals surface area (Å²) in [6, 6.07) is -0.403. The van der Waals surface area contributed by atoms with Gasteiger partial charge in [-0.25, -0.2) is 0 Å². The number of ether oxygens (including phenoxy) is 1. The maximum absolute atomic E-state index is 8.52. The van der Waals surface area contributed by atoms with E-state index in [2.05, 4.69) is 15.9 Å². The average Bonchev–Trinajstić information content (AvgIpc) is 1.87. The molecule has 2 radical (unpaired) electrons. The molecule has 0 aliphatic heterocycles. The first kappa shape index (κ1) is 9.46. The molecule has 0 heterocycles. The van der Waals surface area contributed by atoms with Gasteiger partial charge in [-0.1, -0.05) is 15.9 Å². The second-order valence-corrected chi connectivity index (χ2v) is 2.79. The minimum Gasteiger partial charge on any atom is -0.395 e. The molecular formula is C5H10BBrO2. The summed E-state index contributed by atoms with van der Waals surface area (Å²) in [5, 5.41) is 8.52. The molecule has 0 aromatic rings. The lowest BCUT2D eigenvalue weighted by molar-refractivity contribution is 0.104. The normalized spacial score (nSPS) is 17.2. The fraction of sp³-hybridized carbons (Fsp3) is 1.00. The Labute approximate surface area is 65.1 Å². The van der Waals surface area contributed by atoms with Crippen LogP contribution >= 0.6 is 15.9 Å². The molecule has 0 spiro atoms. The molecule has 0 aliphatic carbocycles. The average molecular weight is 193 g/mol. The minimum absolute atomic E-state index is 0.00116. The van der Waals surface area contributed by atoms with Crippen molar-refractivity contribution in [1.82, 2.24) is 0 Å². The van der Waals surface area contributed by atoms with E-state index < -0.39 is 6.00 Å². The number of alkyl halides is 1. The third kappa shape index (κ3) is 3.95. The number of hydrogen-bond donors (Lipinski definition) is 1. The zero-order valence-corrected chi connectivity index (χ0v) is 6.97. The predicted octanol–water partition coefficient (Wildman–Crippen LogP) is 0.273. The standard InChI is InChI=1S/C5H10BBrO2/c1-2-9-5(6)4(7)3-8/h4-5,8H,2-3H2,1H3/t4-,5?/m1/s1. The molecule has 2 atom stereocenters. The van der Waals surface area contributed by atoms with Gasteiger partial charge in [0.1, 0.15) is 7.85 Å². The molecule has 0 aliphatic rings. The van der Waals surface area contributed by atoms with Gasteiger partial charge in [-0.05, 0) is 6.92 Å². The van der Waals surface area contributed by atoms with E-state index in [4.69, 9.17) is 17.7 Å². The van der Waals surface area contributed by atoms with Gasteiger partial charge in [0.05, 0.1) is 11.4 Å². The van der Waals surface area contributed by atoms with Gasteiger partial charge in [0.25, 0.3) is 0 Å². The Morgan fingerprint density at radius 2 is 2.33 bits per heavy atom. The van der Waals surface area contributed by atoms with Gasteiger partial charge in [0, 0.05) is 12.6 Å². The number of aliphatic hydroxyl groups is 1. The first-order chi connectivity index (χ1) is 4.22. The zero-order chi connectivity index (χ0) is 7.28.